The highest BCUT2D eigenvalue weighted by Crippen LogP contribution is 2.27. The highest BCUT2D eigenvalue weighted by molar-refractivity contribution is 5.86. The van der Waals surface area contributed by atoms with Crippen LogP contribution in [0.1, 0.15) is 37.8 Å². The van der Waals surface area contributed by atoms with E-state index < -0.39 is 12.0 Å². The molecule has 0 aliphatic carbocycles. The number of benzene rings is 1. The molecule has 2 N–H and O–H groups in total. The predicted molar refractivity (Wildman–Crippen MR) is 105 cm³/mol. The number of carbonyl (C=O) groups excluding carboxylic acids is 2. The second-order valence-corrected chi connectivity index (χ2v) is 8.16. The van der Waals surface area contributed by atoms with Gasteiger partial charge in [0, 0.05) is 32.6 Å². The highest BCUT2D eigenvalue weighted by Gasteiger charge is 2.39. The molecule has 3 amide bonds. The van der Waals surface area contributed by atoms with Crippen LogP contribution in [0.5, 0.6) is 0 Å². The van der Waals surface area contributed by atoms with E-state index in [1.807, 2.05) is 38.1 Å². The zero-order valence-corrected chi connectivity index (χ0v) is 16.6. The van der Waals surface area contributed by atoms with Crippen molar-refractivity contribution in [1.82, 2.24) is 15.1 Å². The summed E-state index contributed by atoms with van der Waals surface area (Å²) >= 11 is 0. The Morgan fingerprint density at radius 2 is 1.93 bits per heavy atom. The van der Waals surface area contributed by atoms with Crippen LogP contribution < -0.4 is 5.32 Å². The van der Waals surface area contributed by atoms with Crippen molar-refractivity contribution in [2.75, 3.05) is 19.6 Å². The Hall–Kier alpha value is -2.57. The molecule has 28 heavy (non-hydrogen) atoms. The first kappa shape index (κ1) is 20.2. The van der Waals surface area contributed by atoms with Crippen molar-refractivity contribution in [3.63, 3.8) is 0 Å². The number of aliphatic carboxylic acids is 1. The van der Waals surface area contributed by atoms with Gasteiger partial charge in [-0.2, -0.15) is 0 Å². The van der Waals surface area contributed by atoms with Crippen LogP contribution >= 0.6 is 0 Å². The number of hydrogen-bond acceptors (Lipinski definition) is 3. The molecular formula is C21H29N3O4. The number of piperidine rings is 1. The average molecular weight is 387 g/mol. The van der Waals surface area contributed by atoms with Crippen LogP contribution in [0.3, 0.4) is 0 Å². The van der Waals surface area contributed by atoms with Crippen LogP contribution in [-0.2, 0) is 22.6 Å². The van der Waals surface area contributed by atoms with Gasteiger partial charge in [-0.05, 0) is 29.9 Å². The molecule has 1 saturated heterocycles. The van der Waals surface area contributed by atoms with E-state index in [2.05, 4.69) is 5.32 Å². The molecule has 1 fully saturated rings. The van der Waals surface area contributed by atoms with E-state index in [1.54, 1.807) is 4.90 Å². The van der Waals surface area contributed by atoms with Gasteiger partial charge < -0.3 is 20.2 Å². The molecule has 0 spiro atoms. The summed E-state index contributed by atoms with van der Waals surface area (Å²) in [5.41, 5.74) is 1.98. The average Bonchev–Trinajstić information content (AvgIpc) is 2.70. The molecule has 3 rings (SSSR count). The maximum atomic E-state index is 13.2. The second-order valence-electron chi connectivity index (χ2n) is 8.16. The van der Waals surface area contributed by atoms with Crippen molar-refractivity contribution < 1.29 is 19.5 Å². The Balaban J connectivity index is 1.71. The predicted octanol–water partition coefficient (Wildman–Crippen LogP) is 2.10. The Morgan fingerprint density at radius 1 is 1.21 bits per heavy atom. The van der Waals surface area contributed by atoms with E-state index in [-0.39, 0.29) is 17.9 Å². The lowest BCUT2D eigenvalue weighted by Crippen LogP contribution is -2.54. The molecule has 2 aliphatic heterocycles. The highest BCUT2D eigenvalue weighted by atomic mass is 16.4. The zero-order chi connectivity index (χ0) is 20.3. The van der Waals surface area contributed by atoms with Gasteiger partial charge in [0.15, 0.2) is 0 Å². The number of nitrogens with one attached hydrogen (secondary N) is 1. The molecule has 0 saturated carbocycles. The van der Waals surface area contributed by atoms with Gasteiger partial charge in [-0.1, -0.05) is 38.1 Å². The SMILES string of the molecule is CC(C)CNC(=O)N1CCCC(C(=O)N2Cc3ccccc3CC2C(=O)O)C1. The number of rotatable bonds is 4. The molecule has 2 heterocycles. The van der Waals surface area contributed by atoms with Crippen molar-refractivity contribution >= 4 is 17.9 Å². The first-order valence-electron chi connectivity index (χ1n) is 9.99. The summed E-state index contributed by atoms with van der Waals surface area (Å²) in [6.45, 7) is 5.93. The van der Waals surface area contributed by atoms with E-state index in [0.717, 1.165) is 17.5 Å². The van der Waals surface area contributed by atoms with E-state index in [4.69, 9.17) is 0 Å². The second kappa shape index (κ2) is 8.63. The third-order valence-electron chi connectivity index (χ3n) is 5.54. The molecule has 2 unspecified atom stereocenters. The summed E-state index contributed by atoms with van der Waals surface area (Å²) < 4.78 is 0. The molecule has 2 atom stereocenters. The molecular weight excluding hydrogens is 358 g/mol. The largest absolute Gasteiger partial charge is 0.480 e. The molecule has 1 aromatic carbocycles. The number of likely N-dealkylation sites (tertiary alicyclic amines) is 1. The van der Waals surface area contributed by atoms with E-state index in [0.29, 0.717) is 44.9 Å². The summed E-state index contributed by atoms with van der Waals surface area (Å²) in [5.74, 6) is -1.14. The number of hydrogen-bond donors (Lipinski definition) is 2. The lowest BCUT2D eigenvalue weighted by Gasteiger charge is -2.39. The number of urea groups is 1. The summed E-state index contributed by atoms with van der Waals surface area (Å²) in [4.78, 5) is 40.6. The third-order valence-corrected chi connectivity index (χ3v) is 5.54. The fourth-order valence-corrected chi connectivity index (χ4v) is 3.98. The molecule has 152 valence electrons. The van der Waals surface area contributed by atoms with Crippen molar-refractivity contribution in [2.45, 2.75) is 45.7 Å². The minimum atomic E-state index is -0.981. The smallest absolute Gasteiger partial charge is 0.326 e. The molecule has 7 nitrogen and oxygen atoms in total. The van der Waals surface area contributed by atoms with Crippen LogP contribution in [0.25, 0.3) is 0 Å². The molecule has 2 aliphatic rings. The van der Waals surface area contributed by atoms with Crippen molar-refractivity contribution in [3.8, 4) is 0 Å². The van der Waals surface area contributed by atoms with Crippen LogP contribution in [0.4, 0.5) is 4.79 Å². The van der Waals surface area contributed by atoms with Gasteiger partial charge >= 0.3 is 12.0 Å². The molecule has 7 heteroatoms. The zero-order valence-electron chi connectivity index (χ0n) is 16.6. The van der Waals surface area contributed by atoms with Crippen LogP contribution in [0, 0.1) is 11.8 Å². The van der Waals surface area contributed by atoms with Gasteiger partial charge in [-0.15, -0.1) is 0 Å². The van der Waals surface area contributed by atoms with Gasteiger partial charge in [0.05, 0.1) is 5.92 Å². The van der Waals surface area contributed by atoms with Crippen molar-refractivity contribution in [1.29, 1.82) is 0 Å². The van der Waals surface area contributed by atoms with E-state index in [9.17, 15) is 19.5 Å². The summed E-state index contributed by atoms with van der Waals surface area (Å²) in [7, 11) is 0. The van der Waals surface area contributed by atoms with Gasteiger partial charge in [0.2, 0.25) is 5.91 Å². The van der Waals surface area contributed by atoms with Crippen LogP contribution in [0.15, 0.2) is 24.3 Å². The Morgan fingerprint density at radius 3 is 2.61 bits per heavy atom. The van der Waals surface area contributed by atoms with E-state index in [1.165, 1.54) is 4.90 Å². The maximum absolute atomic E-state index is 13.2. The van der Waals surface area contributed by atoms with E-state index >= 15 is 0 Å². The Labute approximate surface area is 165 Å². The fraction of sp³-hybridized carbons (Fsp3) is 0.571. The minimum Gasteiger partial charge on any atom is -0.480 e. The monoisotopic (exact) mass is 387 g/mol. The number of amides is 3. The molecule has 0 aromatic heterocycles. The maximum Gasteiger partial charge on any atom is 0.326 e. The van der Waals surface area contributed by atoms with Crippen molar-refractivity contribution in [3.05, 3.63) is 35.4 Å². The van der Waals surface area contributed by atoms with Crippen molar-refractivity contribution in [2.24, 2.45) is 11.8 Å². The van der Waals surface area contributed by atoms with Crippen LogP contribution in [0.2, 0.25) is 0 Å². The number of fused-ring (bicyclic) bond motifs is 1. The molecule has 1 aromatic rings. The molecule has 0 radical (unpaired) electrons. The number of nitrogens with zero attached hydrogens (tertiary/aromatic N) is 2. The van der Waals surface area contributed by atoms with Crippen LogP contribution in [-0.4, -0.2) is 58.5 Å². The molecule has 0 bridgehead atoms. The lowest BCUT2D eigenvalue weighted by molar-refractivity contribution is -0.154. The Bertz CT molecular complexity index is 749. The summed E-state index contributed by atoms with van der Waals surface area (Å²) in [6, 6.07) is 6.67. The number of carboxylic acids is 1. The topological polar surface area (TPSA) is 90.0 Å². The first-order chi connectivity index (χ1) is 13.4. The summed E-state index contributed by atoms with van der Waals surface area (Å²) in [5, 5.41) is 12.6. The Kier molecular flexibility index (Phi) is 6.21. The first-order valence-corrected chi connectivity index (χ1v) is 9.99. The van der Waals surface area contributed by atoms with Gasteiger partial charge in [0.25, 0.3) is 0 Å². The quantitative estimate of drug-likeness (QED) is 0.828. The lowest BCUT2D eigenvalue weighted by atomic mass is 9.90. The normalized spacial score (nSPS) is 22.0. The van der Waals surface area contributed by atoms with Gasteiger partial charge in [0.1, 0.15) is 6.04 Å². The summed E-state index contributed by atoms with van der Waals surface area (Å²) in [6.07, 6.45) is 1.74. The minimum absolute atomic E-state index is 0.148. The van der Waals surface area contributed by atoms with Gasteiger partial charge in [-0.25, -0.2) is 9.59 Å². The number of carboxylic acid groups (broad SMARTS) is 1. The standard InChI is InChI=1S/C21H29N3O4/c1-14(2)11-22-21(28)23-9-5-8-17(12-23)19(25)24-13-16-7-4-3-6-15(16)10-18(24)20(26)27/h3-4,6-7,14,17-18H,5,8-13H2,1-2H3,(H,22,28)(H,26,27). The fourth-order valence-electron chi connectivity index (χ4n) is 3.98. The van der Waals surface area contributed by atoms with Gasteiger partial charge in [-0.3, -0.25) is 4.79 Å². The number of carbonyl (C=O) groups is 3. The third kappa shape index (κ3) is 4.46.